The number of hydrogen-bond acceptors (Lipinski definition) is 4. The van der Waals surface area contributed by atoms with Crippen LogP contribution in [0.2, 0.25) is 0 Å². The average Bonchev–Trinajstić information content (AvgIpc) is 2.59. The molecule has 0 fully saturated rings. The molecule has 0 saturated heterocycles. The molecule has 1 heterocycles. The van der Waals surface area contributed by atoms with Crippen LogP contribution in [0, 0.1) is 0 Å². The molecule has 14 heavy (non-hydrogen) atoms. The number of Topliss-reactive ketones (excluding diaryl/α,β-unsaturated/α-hetero) is 2. The van der Waals surface area contributed by atoms with Gasteiger partial charge in [0.05, 0.1) is 10.2 Å². The molecule has 0 N–H and O–H groups in total. The van der Waals surface area contributed by atoms with Crippen molar-refractivity contribution in [2.45, 2.75) is 6.92 Å². The first-order valence-electron chi connectivity index (χ1n) is 4.09. The Kier molecular flexibility index (Phi) is 2.13. The molecule has 1 aromatic carbocycles. The van der Waals surface area contributed by atoms with Crippen molar-refractivity contribution in [1.29, 1.82) is 0 Å². The summed E-state index contributed by atoms with van der Waals surface area (Å²) >= 11 is 1.25. The largest absolute Gasteiger partial charge is 0.291 e. The van der Waals surface area contributed by atoms with Gasteiger partial charge in [-0.3, -0.25) is 9.59 Å². The Labute approximate surface area is 84.4 Å². The van der Waals surface area contributed by atoms with E-state index >= 15 is 0 Å². The monoisotopic (exact) mass is 205 g/mol. The number of thiazole rings is 1. The van der Waals surface area contributed by atoms with Crippen molar-refractivity contribution in [2.75, 3.05) is 0 Å². The van der Waals surface area contributed by atoms with Gasteiger partial charge in [0.15, 0.2) is 5.01 Å². The highest BCUT2D eigenvalue weighted by molar-refractivity contribution is 7.20. The summed E-state index contributed by atoms with van der Waals surface area (Å²) in [5, 5.41) is 0.277. The summed E-state index contributed by atoms with van der Waals surface area (Å²) in [6.45, 7) is 1.26. The number of benzene rings is 1. The Bertz CT molecular complexity index is 483. The van der Waals surface area contributed by atoms with Gasteiger partial charge in [0.2, 0.25) is 5.78 Å². The predicted octanol–water partition coefficient (Wildman–Crippen LogP) is 2.07. The third-order valence-corrected chi connectivity index (χ3v) is 2.84. The van der Waals surface area contributed by atoms with Crippen LogP contribution >= 0.6 is 11.3 Å². The van der Waals surface area contributed by atoms with Crippen molar-refractivity contribution >= 4 is 33.1 Å². The maximum absolute atomic E-state index is 11.3. The fourth-order valence-corrected chi connectivity index (χ4v) is 2.07. The van der Waals surface area contributed by atoms with Gasteiger partial charge < -0.3 is 0 Å². The van der Waals surface area contributed by atoms with Crippen LogP contribution in [-0.2, 0) is 4.79 Å². The molecule has 0 unspecified atom stereocenters. The molecule has 0 bridgehead atoms. The van der Waals surface area contributed by atoms with Gasteiger partial charge in [-0.1, -0.05) is 12.1 Å². The Morgan fingerprint density at radius 3 is 2.64 bits per heavy atom. The number of carbonyl (C=O) groups excluding carboxylic acids is 2. The Hall–Kier alpha value is -1.55. The van der Waals surface area contributed by atoms with Crippen LogP contribution in [0.1, 0.15) is 16.7 Å². The molecule has 0 spiro atoms. The van der Waals surface area contributed by atoms with Crippen LogP contribution in [-0.4, -0.2) is 16.6 Å². The van der Waals surface area contributed by atoms with Gasteiger partial charge in [0.1, 0.15) is 0 Å². The zero-order chi connectivity index (χ0) is 10.1. The Morgan fingerprint density at radius 2 is 2.00 bits per heavy atom. The zero-order valence-electron chi connectivity index (χ0n) is 7.48. The fraction of sp³-hybridized carbons (Fsp3) is 0.100. The summed E-state index contributed by atoms with van der Waals surface area (Å²) < 4.78 is 0.928. The third kappa shape index (κ3) is 1.44. The summed E-state index contributed by atoms with van der Waals surface area (Å²) in [7, 11) is 0. The third-order valence-electron chi connectivity index (χ3n) is 1.81. The molecule has 0 saturated carbocycles. The highest BCUT2D eigenvalue weighted by Crippen LogP contribution is 2.21. The minimum absolute atomic E-state index is 0.277. The van der Waals surface area contributed by atoms with Crippen molar-refractivity contribution in [1.82, 2.24) is 4.98 Å². The normalized spacial score (nSPS) is 10.4. The first kappa shape index (κ1) is 9.02. The average molecular weight is 205 g/mol. The summed E-state index contributed by atoms with van der Waals surface area (Å²) in [4.78, 5) is 26.2. The molecule has 0 radical (unpaired) electrons. The quantitative estimate of drug-likeness (QED) is 0.557. The molecule has 4 heteroatoms. The number of ketones is 2. The van der Waals surface area contributed by atoms with E-state index in [0.717, 1.165) is 10.2 Å². The number of para-hydroxylation sites is 1. The minimum atomic E-state index is -0.508. The smallest absolute Gasteiger partial charge is 0.256 e. The second-order valence-corrected chi connectivity index (χ2v) is 3.90. The second kappa shape index (κ2) is 3.31. The number of rotatable bonds is 2. The molecule has 0 aliphatic rings. The molecular weight excluding hydrogens is 198 g/mol. The maximum atomic E-state index is 11.3. The molecule has 70 valence electrons. The molecule has 0 aliphatic carbocycles. The zero-order valence-corrected chi connectivity index (χ0v) is 8.30. The van der Waals surface area contributed by atoms with Crippen LogP contribution in [0.25, 0.3) is 10.2 Å². The van der Waals surface area contributed by atoms with Crippen molar-refractivity contribution in [3.63, 3.8) is 0 Å². The van der Waals surface area contributed by atoms with E-state index in [-0.39, 0.29) is 5.01 Å². The van der Waals surface area contributed by atoms with Gasteiger partial charge in [0.25, 0.3) is 5.78 Å². The number of nitrogens with zero attached hydrogens (tertiary/aromatic N) is 1. The van der Waals surface area contributed by atoms with E-state index in [1.54, 1.807) is 0 Å². The number of carbonyl (C=O) groups is 2. The van der Waals surface area contributed by atoms with Crippen LogP contribution < -0.4 is 0 Å². The fourth-order valence-electron chi connectivity index (χ4n) is 1.12. The van der Waals surface area contributed by atoms with E-state index < -0.39 is 11.6 Å². The van der Waals surface area contributed by atoms with Crippen LogP contribution in [0.5, 0.6) is 0 Å². The van der Waals surface area contributed by atoms with Crippen molar-refractivity contribution in [2.24, 2.45) is 0 Å². The van der Waals surface area contributed by atoms with Crippen LogP contribution in [0.4, 0.5) is 0 Å². The molecule has 2 rings (SSSR count). The van der Waals surface area contributed by atoms with Crippen molar-refractivity contribution in [3.05, 3.63) is 29.3 Å². The number of aromatic nitrogens is 1. The lowest BCUT2D eigenvalue weighted by Gasteiger charge is -1.85. The van der Waals surface area contributed by atoms with Gasteiger partial charge in [-0.05, 0) is 12.1 Å². The lowest BCUT2D eigenvalue weighted by Crippen LogP contribution is -2.08. The molecule has 0 aliphatic heterocycles. The molecule has 3 nitrogen and oxygen atoms in total. The molecular formula is C10H7NO2S. The minimum Gasteiger partial charge on any atom is -0.291 e. The first-order chi connectivity index (χ1) is 6.68. The highest BCUT2D eigenvalue weighted by atomic mass is 32.1. The van der Waals surface area contributed by atoms with Crippen LogP contribution in [0.3, 0.4) is 0 Å². The SMILES string of the molecule is CC(=O)C(=O)c1nc2ccccc2s1. The maximum Gasteiger partial charge on any atom is 0.256 e. The van der Waals surface area contributed by atoms with Gasteiger partial charge in [-0.25, -0.2) is 4.98 Å². The van der Waals surface area contributed by atoms with E-state index in [1.165, 1.54) is 18.3 Å². The lowest BCUT2D eigenvalue weighted by molar-refractivity contribution is -0.113. The van der Waals surface area contributed by atoms with Gasteiger partial charge in [-0.15, -0.1) is 11.3 Å². The van der Waals surface area contributed by atoms with Gasteiger partial charge in [-0.2, -0.15) is 0 Å². The number of hydrogen-bond donors (Lipinski definition) is 0. The summed E-state index contributed by atoms with van der Waals surface area (Å²) in [6.07, 6.45) is 0. The van der Waals surface area contributed by atoms with E-state index in [9.17, 15) is 9.59 Å². The van der Waals surface area contributed by atoms with E-state index in [4.69, 9.17) is 0 Å². The van der Waals surface area contributed by atoms with E-state index in [2.05, 4.69) is 4.98 Å². The highest BCUT2D eigenvalue weighted by Gasteiger charge is 2.15. The molecule has 1 aromatic heterocycles. The first-order valence-corrected chi connectivity index (χ1v) is 4.91. The van der Waals surface area contributed by atoms with Gasteiger partial charge >= 0.3 is 0 Å². The number of fused-ring (bicyclic) bond motifs is 1. The topological polar surface area (TPSA) is 47.0 Å². The molecule has 2 aromatic rings. The standard InChI is InChI=1S/C10H7NO2S/c1-6(12)9(13)10-11-7-4-2-3-5-8(7)14-10/h2-5H,1H3. The van der Waals surface area contributed by atoms with Crippen molar-refractivity contribution < 1.29 is 9.59 Å². The van der Waals surface area contributed by atoms with E-state index in [0.29, 0.717) is 0 Å². The molecule has 0 amide bonds. The summed E-state index contributed by atoms with van der Waals surface area (Å²) in [6, 6.07) is 7.43. The van der Waals surface area contributed by atoms with Crippen LogP contribution in [0.15, 0.2) is 24.3 Å². The Balaban J connectivity index is 2.55. The molecule has 0 atom stereocenters. The van der Waals surface area contributed by atoms with E-state index in [1.807, 2.05) is 24.3 Å². The second-order valence-electron chi connectivity index (χ2n) is 2.87. The predicted molar refractivity (Wildman–Crippen MR) is 54.6 cm³/mol. The summed E-state index contributed by atoms with van der Waals surface area (Å²) in [5.41, 5.74) is 0.766. The summed E-state index contributed by atoms with van der Waals surface area (Å²) in [5.74, 6) is -0.977. The Morgan fingerprint density at radius 1 is 1.29 bits per heavy atom. The van der Waals surface area contributed by atoms with Gasteiger partial charge in [0, 0.05) is 6.92 Å². The lowest BCUT2D eigenvalue weighted by atomic mass is 10.3. The van der Waals surface area contributed by atoms with Crippen molar-refractivity contribution in [3.8, 4) is 0 Å².